The molecule has 2 rings (SSSR count). The van der Waals surface area contributed by atoms with Gasteiger partial charge < -0.3 is 10.6 Å². The molecule has 0 radical (unpaired) electrons. The van der Waals surface area contributed by atoms with Crippen molar-refractivity contribution in [2.45, 2.75) is 51.5 Å². The Hall–Kier alpha value is -0.0800. The van der Waals surface area contributed by atoms with Crippen molar-refractivity contribution in [3.8, 4) is 0 Å². The van der Waals surface area contributed by atoms with Crippen LogP contribution in [0.4, 0.5) is 0 Å². The Labute approximate surface area is 87.8 Å². The summed E-state index contributed by atoms with van der Waals surface area (Å²) >= 11 is 0. The largest absolute Gasteiger partial charge is 0.324 e. The molecule has 0 spiro atoms. The number of nitrogens with two attached hydrogens (primary N) is 1. The second kappa shape index (κ2) is 3.49. The summed E-state index contributed by atoms with van der Waals surface area (Å²) in [5, 5.41) is 0. The van der Waals surface area contributed by atoms with E-state index in [1.165, 1.54) is 45.2 Å². The van der Waals surface area contributed by atoms with Crippen LogP contribution in [0.1, 0.15) is 46.0 Å². The van der Waals surface area contributed by atoms with E-state index < -0.39 is 0 Å². The van der Waals surface area contributed by atoms with Crippen LogP contribution >= 0.6 is 0 Å². The van der Waals surface area contributed by atoms with Crippen LogP contribution in [0.25, 0.3) is 0 Å². The van der Waals surface area contributed by atoms with Crippen LogP contribution in [-0.4, -0.2) is 30.1 Å². The Morgan fingerprint density at radius 3 is 2.07 bits per heavy atom. The molecule has 2 nitrogen and oxygen atoms in total. The summed E-state index contributed by atoms with van der Waals surface area (Å²) in [6.07, 6.45) is 6.50. The van der Waals surface area contributed by atoms with Gasteiger partial charge in [0.15, 0.2) is 0 Å². The van der Waals surface area contributed by atoms with Crippen molar-refractivity contribution in [2.24, 2.45) is 11.1 Å². The van der Waals surface area contributed by atoms with Crippen LogP contribution in [0.3, 0.4) is 0 Å². The van der Waals surface area contributed by atoms with Crippen molar-refractivity contribution in [3.63, 3.8) is 0 Å². The third-order valence-corrected chi connectivity index (χ3v) is 4.51. The lowest BCUT2D eigenvalue weighted by Gasteiger charge is -2.54. The molecule has 0 amide bonds. The maximum atomic E-state index is 6.24. The molecule has 1 aliphatic heterocycles. The van der Waals surface area contributed by atoms with Crippen molar-refractivity contribution in [1.82, 2.24) is 4.90 Å². The van der Waals surface area contributed by atoms with Crippen molar-refractivity contribution in [2.75, 3.05) is 19.6 Å². The first-order valence-corrected chi connectivity index (χ1v) is 6.13. The van der Waals surface area contributed by atoms with Crippen molar-refractivity contribution >= 4 is 0 Å². The van der Waals surface area contributed by atoms with E-state index in [0.717, 1.165) is 6.54 Å². The second-order valence-corrected chi connectivity index (χ2v) is 5.57. The molecule has 0 bridgehead atoms. The molecule has 2 fully saturated rings. The molecule has 2 heteroatoms. The van der Waals surface area contributed by atoms with E-state index in [-0.39, 0.29) is 5.54 Å². The van der Waals surface area contributed by atoms with Gasteiger partial charge in [-0.15, -0.1) is 0 Å². The van der Waals surface area contributed by atoms with E-state index in [1.54, 1.807) is 0 Å². The summed E-state index contributed by atoms with van der Waals surface area (Å²) in [5.74, 6) is 0. The van der Waals surface area contributed by atoms with Gasteiger partial charge in [-0.3, -0.25) is 0 Å². The fraction of sp³-hybridized carbons (Fsp3) is 1.00. The summed E-state index contributed by atoms with van der Waals surface area (Å²) in [6, 6.07) is 0. The van der Waals surface area contributed by atoms with Gasteiger partial charge in [0, 0.05) is 25.2 Å². The Balaban J connectivity index is 1.77. The fourth-order valence-electron chi connectivity index (χ4n) is 2.95. The van der Waals surface area contributed by atoms with Gasteiger partial charge in [0.05, 0.1) is 0 Å². The van der Waals surface area contributed by atoms with Gasteiger partial charge in [-0.25, -0.2) is 0 Å². The van der Waals surface area contributed by atoms with Crippen LogP contribution in [0.2, 0.25) is 0 Å². The number of hydrogen-bond acceptors (Lipinski definition) is 2. The molecule has 0 aromatic heterocycles. The Bertz CT molecular complexity index is 196. The molecule has 82 valence electrons. The quantitative estimate of drug-likeness (QED) is 0.745. The first-order valence-electron chi connectivity index (χ1n) is 6.13. The number of hydrogen-bond donors (Lipinski definition) is 1. The Morgan fingerprint density at radius 1 is 1.14 bits per heavy atom. The highest BCUT2D eigenvalue weighted by atomic mass is 15.2. The zero-order valence-corrected chi connectivity index (χ0v) is 9.68. The van der Waals surface area contributed by atoms with Crippen molar-refractivity contribution in [3.05, 3.63) is 0 Å². The number of likely N-dealkylation sites (tertiary alicyclic amines) is 1. The molecule has 1 saturated heterocycles. The van der Waals surface area contributed by atoms with E-state index in [9.17, 15) is 0 Å². The van der Waals surface area contributed by atoms with E-state index in [4.69, 9.17) is 5.73 Å². The number of rotatable bonds is 4. The lowest BCUT2D eigenvalue weighted by Crippen LogP contribution is -2.63. The summed E-state index contributed by atoms with van der Waals surface area (Å²) in [4.78, 5) is 2.56. The third kappa shape index (κ3) is 1.70. The van der Waals surface area contributed by atoms with Gasteiger partial charge in [0.2, 0.25) is 0 Å². The second-order valence-electron chi connectivity index (χ2n) is 5.57. The maximum absolute atomic E-state index is 6.24. The molecule has 0 aromatic rings. The predicted molar refractivity (Wildman–Crippen MR) is 60.2 cm³/mol. The zero-order chi connectivity index (χ0) is 10.2. The summed E-state index contributed by atoms with van der Waals surface area (Å²) in [6.45, 7) is 8.37. The average Bonchev–Trinajstić information content (AvgIpc) is 2.08. The van der Waals surface area contributed by atoms with Crippen LogP contribution in [0, 0.1) is 5.41 Å². The normalized spacial score (nSPS) is 29.4. The first kappa shape index (κ1) is 10.4. The Kier molecular flexibility index (Phi) is 2.61. The SMILES string of the molecule is CCC1(CC)CN(CC2(N)CCC2)C1. The standard InChI is InChI=1S/C12H24N2/c1-3-11(4-2)8-14(9-11)10-12(13)6-5-7-12/h3-10,13H2,1-2H3. The van der Waals surface area contributed by atoms with Crippen molar-refractivity contribution in [1.29, 1.82) is 0 Å². The highest BCUT2D eigenvalue weighted by Crippen LogP contribution is 2.39. The molecule has 0 aromatic carbocycles. The van der Waals surface area contributed by atoms with Crippen molar-refractivity contribution < 1.29 is 0 Å². The molecular weight excluding hydrogens is 172 g/mol. The smallest absolute Gasteiger partial charge is 0.0283 e. The van der Waals surface area contributed by atoms with Gasteiger partial charge in [0.1, 0.15) is 0 Å². The maximum Gasteiger partial charge on any atom is 0.0283 e. The fourth-order valence-corrected chi connectivity index (χ4v) is 2.95. The molecule has 1 aliphatic carbocycles. The van der Waals surface area contributed by atoms with Gasteiger partial charge in [-0.05, 0) is 37.5 Å². The molecule has 1 saturated carbocycles. The molecule has 0 unspecified atom stereocenters. The van der Waals surface area contributed by atoms with Gasteiger partial charge in [0.25, 0.3) is 0 Å². The first-order chi connectivity index (χ1) is 6.61. The van der Waals surface area contributed by atoms with Crippen LogP contribution < -0.4 is 5.73 Å². The molecule has 1 heterocycles. The molecule has 2 N–H and O–H groups in total. The minimum absolute atomic E-state index is 0.188. The van der Waals surface area contributed by atoms with Crippen LogP contribution in [0.5, 0.6) is 0 Å². The Morgan fingerprint density at radius 2 is 1.71 bits per heavy atom. The molecule has 0 atom stereocenters. The minimum Gasteiger partial charge on any atom is -0.324 e. The van der Waals surface area contributed by atoms with Gasteiger partial charge in [-0.1, -0.05) is 13.8 Å². The van der Waals surface area contributed by atoms with E-state index in [0.29, 0.717) is 5.41 Å². The van der Waals surface area contributed by atoms with E-state index in [2.05, 4.69) is 18.7 Å². The zero-order valence-electron chi connectivity index (χ0n) is 9.68. The average molecular weight is 196 g/mol. The summed E-state index contributed by atoms with van der Waals surface area (Å²) < 4.78 is 0. The third-order valence-electron chi connectivity index (χ3n) is 4.51. The highest BCUT2D eigenvalue weighted by Gasteiger charge is 2.43. The lowest BCUT2D eigenvalue weighted by atomic mass is 9.72. The van der Waals surface area contributed by atoms with E-state index >= 15 is 0 Å². The molecule has 2 aliphatic rings. The van der Waals surface area contributed by atoms with Crippen LogP contribution in [0.15, 0.2) is 0 Å². The predicted octanol–water partition coefficient (Wildman–Crippen LogP) is 1.99. The van der Waals surface area contributed by atoms with Gasteiger partial charge >= 0.3 is 0 Å². The highest BCUT2D eigenvalue weighted by molar-refractivity contribution is 5.01. The minimum atomic E-state index is 0.188. The van der Waals surface area contributed by atoms with Gasteiger partial charge in [-0.2, -0.15) is 0 Å². The van der Waals surface area contributed by atoms with Crippen LogP contribution in [-0.2, 0) is 0 Å². The molecular formula is C12H24N2. The van der Waals surface area contributed by atoms with E-state index in [1.807, 2.05) is 0 Å². The number of nitrogens with zero attached hydrogens (tertiary/aromatic N) is 1. The summed E-state index contributed by atoms with van der Waals surface area (Å²) in [7, 11) is 0. The summed E-state index contributed by atoms with van der Waals surface area (Å²) in [5.41, 5.74) is 7.07. The lowest BCUT2D eigenvalue weighted by molar-refractivity contribution is -0.0299. The molecule has 14 heavy (non-hydrogen) atoms. The topological polar surface area (TPSA) is 29.3 Å². The monoisotopic (exact) mass is 196 g/mol.